The molecule has 0 aromatic rings. The molecular formula is C8H17N. The number of hydrogen-bond donors (Lipinski definition) is 1. The van der Waals surface area contributed by atoms with Gasteiger partial charge < -0.3 is 5.73 Å². The molecule has 1 nitrogen and oxygen atoms in total. The van der Waals surface area contributed by atoms with Crippen molar-refractivity contribution < 1.29 is 0 Å². The third-order valence-electron chi connectivity index (χ3n) is 1.33. The average molecular weight is 127 g/mol. The van der Waals surface area contributed by atoms with Crippen molar-refractivity contribution in [1.82, 2.24) is 0 Å². The van der Waals surface area contributed by atoms with Crippen LogP contribution >= 0.6 is 0 Å². The highest BCUT2D eigenvalue weighted by Crippen LogP contribution is 2.13. The van der Waals surface area contributed by atoms with Gasteiger partial charge in [0, 0.05) is 6.54 Å². The molecule has 0 amide bonds. The topological polar surface area (TPSA) is 26.0 Å². The molecule has 0 aliphatic carbocycles. The van der Waals surface area contributed by atoms with E-state index in [2.05, 4.69) is 32.9 Å². The van der Waals surface area contributed by atoms with E-state index in [-0.39, 0.29) is 5.41 Å². The maximum atomic E-state index is 5.50. The lowest BCUT2D eigenvalue weighted by Crippen LogP contribution is -2.20. The summed E-state index contributed by atoms with van der Waals surface area (Å²) in [6.45, 7) is 7.13. The summed E-state index contributed by atoms with van der Waals surface area (Å²) in [6, 6.07) is 0. The van der Waals surface area contributed by atoms with Crippen LogP contribution in [0.1, 0.15) is 27.2 Å². The van der Waals surface area contributed by atoms with Gasteiger partial charge in [-0.2, -0.15) is 0 Å². The lowest BCUT2D eigenvalue weighted by atomic mass is 9.93. The lowest BCUT2D eigenvalue weighted by Gasteiger charge is -2.15. The normalized spacial score (nSPS) is 12.9. The van der Waals surface area contributed by atoms with Crippen LogP contribution in [0.3, 0.4) is 0 Å². The lowest BCUT2D eigenvalue weighted by molar-refractivity contribution is 0.494. The van der Waals surface area contributed by atoms with E-state index in [1.165, 1.54) is 0 Å². The Morgan fingerprint density at radius 3 is 2.33 bits per heavy atom. The van der Waals surface area contributed by atoms with Crippen molar-refractivity contribution in [3.8, 4) is 0 Å². The minimum Gasteiger partial charge on any atom is -0.330 e. The molecule has 0 rings (SSSR count). The Balaban J connectivity index is 3.70. The molecule has 0 aromatic heterocycles. The quantitative estimate of drug-likeness (QED) is 0.576. The largest absolute Gasteiger partial charge is 0.330 e. The number of hydrogen-bond acceptors (Lipinski definition) is 1. The zero-order valence-corrected chi connectivity index (χ0v) is 6.65. The Hall–Kier alpha value is -0.300. The van der Waals surface area contributed by atoms with Gasteiger partial charge in [0.05, 0.1) is 0 Å². The third kappa shape index (κ3) is 4.22. The van der Waals surface area contributed by atoms with Gasteiger partial charge in [-0.25, -0.2) is 0 Å². The van der Waals surface area contributed by atoms with Gasteiger partial charge in [0.2, 0.25) is 0 Å². The average Bonchev–Trinajstić information content (AvgIpc) is 1.84. The Bertz CT molecular complexity index is 92.7. The fraction of sp³-hybridized carbons (Fsp3) is 0.750. The van der Waals surface area contributed by atoms with E-state index in [4.69, 9.17) is 5.73 Å². The molecular weight excluding hydrogens is 110 g/mol. The van der Waals surface area contributed by atoms with Gasteiger partial charge >= 0.3 is 0 Å². The molecule has 0 atom stereocenters. The third-order valence-corrected chi connectivity index (χ3v) is 1.33. The predicted molar refractivity (Wildman–Crippen MR) is 42.3 cm³/mol. The summed E-state index contributed by atoms with van der Waals surface area (Å²) in [4.78, 5) is 0. The minimum atomic E-state index is 0.190. The van der Waals surface area contributed by atoms with E-state index < -0.39 is 0 Å². The molecule has 54 valence electrons. The van der Waals surface area contributed by atoms with Crippen LogP contribution in [0.15, 0.2) is 12.2 Å². The molecule has 1 heteroatoms. The molecule has 0 fully saturated rings. The number of allylic oxidation sites excluding steroid dienone is 1. The van der Waals surface area contributed by atoms with Crippen LogP contribution in [0.25, 0.3) is 0 Å². The maximum Gasteiger partial charge on any atom is 0.000886 e. The monoisotopic (exact) mass is 127 g/mol. The molecule has 0 spiro atoms. The van der Waals surface area contributed by atoms with E-state index in [0.717, 1.165) is 13.0 Å². The summed E-state index contributed by atoms with van der Waals surface area (Å²) in [7, 11) is 0. The highest BCUT2D eigenvalue weighted by molar-refractivity contribution is 4.94. The van der Waals surface area contributed by atoms with Crippen LogP contribution in [0, 0.1) is 5.41 Å². The van der Waals surface area contributed by atoms with E-state index in [1.54, 1.807) is 0 Å². The first-order valence-corrected chi connectivity index (χ1v) is 3.50. The van der Waals surface area contributed by atoms with Gasteiger partial charge in [-0.15, -0.1) is 0 Å². The first-order valence-electron chi connectivity index (χ1n) is 3.50. The molecule has 0 bridgehead atoms. The molecule has 0 radical (unpaired) electrons. The Morgan fingerprint density at radius 1 is 1.44 bits per heavy atom. The Morgan fingerprint density at radius 2 is 2.00 bits per heavy atom. The molecule has 0 aliphatic heterocycles. The Kier molecular flexibility index (Phi) is 3.55. The van der Waals surface area contributed by atoms with Crippen LogP contribution in [-0.2, 0) is 0 Å². The van der Waals surface area contributed by atoms with Crippen molar-refractivity contribution in [2.45, 2.75) is 27.2 Å². The van der Waals surface area contributed by atoms with Gasteiger partial charge in [-0.05, 0) is 11.8 Å². The molecule has 2 N–H and O–H groups in total. The molecule has 0 unspecified atom stereocenters. The van der Waals surface area contributed by atoms with Gasteiger partial charge in [-0.3, -0.25) is 0 Å². The van der Waals surface area contributed by atoms with E-state index in [0.29, 0.717) is 0 Å². The zero-order valence-electron chi connectivity index (χ0n) is 6.65. The predicted octanol–water partition coefficient (Wildman–Crippen LogP) is 1.94. The van der Waals surface area contributed by atoms with Crippen molar-refractivity contribution in [3.63, 3.8) is 0 Å². The van der Waals surface area contributed by atoms with Gasteiger partial charge in [0.25, 0.3) is 0 Å². The standard InChI is InChI=1S/C8H17N/c1-4-5-6-8(2,3)7-9/h5-6H,4,7,9H2,1-3H3/b6-5+. The summed E-state index contributed by atoms with van der Waals surface area (Å²) in [6.07, 6.45) is 5.43. The molecule has 0 saturated carbocycles. The second kappa shape index (κ2) is 3.67. The summed E-state index contributed by atoms with van der Waals surface area (Å²) in [5, 5.41) is 0. The second-order valence-corrected chi connectivity index (χ2v) is 3.00. The van der Waals surface area contributed by atoms with Crippen LogP contribution < -0.4 is 5.73 Å². The summed E-state index contributed by atoms with van der Waals surface area (Å²) < 4.78 is 0. The molecule has 0 heterocycles. The van der Waals surface area contributed by atoms with E-state index in [1.807, 2.05) is 0 Å². The summed E-state index contributed by atoms with van der Waals surface area (Å²) in [5.41, 5.74) is 5.69. The van der Waals surface area contributed by atoms with Crippen LogP contribution in [0.2, 0.25) is 0 Å². The minimum absolute atomic E-state index is 0.190. The fourth-order valence-corrected chi connectivity index (χ4v) is 0.505. The van der Waals surface area contributed by atoms with Crippen molar-refractivity contribution in [1.29, 1.82) is 0 Å². The summed E-state index contributed by atoms with van der Waals surface area (Å²) in [5.74, 6) is 0. The van der Waals surface area contributed by atoms with E-state index in [9.17, 15) is 0 Å². The van der Waals surface area contributed by atoms with Crippen LogP contribution in [0.5, 0.6) is 0 Å². The molecule has 9 heavy (non-hydrogen) atoms. The summed E-state index contributed by atoms with van der Waals surface area (Å²) >= 11 is 0. The molecule has 0 aliphatic rings. The van der Waals surface area contributed by atoms with Crippen molar-refractivity contribution in [2.75, 3.05) is 6.54 Å². The smallest absolute Gasteiger partial charge is 0.000886 e. The first kappa shape index (κ1) is 8.70. The van der Waals surface area contributed by atoms with Crippen molar-refractivity contribution >= 4 is 0 Å². The van der Waals surface area contributed by atoms with Crippen LogP contribution in [0.4, 0.5) is 0 Å². The van der Waals surface area contributed by atoms with Gasteiger partial charge in [0.15, 0.2) is 0 Å². The number of rotatable bonds is 3. The van der Waals surface area contributed by atoms with Crippen molar-refractivity contribution in [2.24, 2.45) is 11.1 Å². The van der Waals surface area contributed by atoms with Crippen LogP contribution in [-0.4, -0.2) is 6.54 Å². The van der Waals surface area contributed by atoms with Gasteiger partial charge in [-0.1, -0.05) is 32.9 Å². The number of nitrogens with two attached hydrogens (primary N) is 1. The van der Waals surface area contributed by atoms with Crippen molar-refractivity contribution in [3.05, 3.63) is 12.2 Å². The highest BCUT2D eigenvalue weighted by atomic mass is 14.6. The molecule has 0 saturated heterocycles. The highest BCUT2D eigenvalue weighted by Gasteiger charge is 2.08. The first-order chi connectivity index (χ1) is 4.12. The Labute approximate surface area is 57.9 Å². The maximum absolute atomic E-state index is 5.50. The molecule has 0 aromatic carbocycles. The SMILES string of the molecule is CC/C=C/C(C)(C)CN. The van der Waals surface area contributed by atoms with E-state index >= 15 is 0 Å². The second-order valence-electron chi connectivity index (χ2n) is 3.00. The zero-order chi connectivity index (χ0) is 7.33. The fourth-order valence-electron chi connectivity index (χ4n) is 0.505. The van der Waals surface area contributed by atoms with Gasteiger partial charge in [0.1, 0.15) is 0 Å².